The standard InChI is InChI=1S/C21H25N5O2S2/c1-3-14-7-9-15(10-8-14)22-16(27)13-29-21-24-18-17(19(28)26(21)4-2)30-20(23-18)25-11-5-6-12-25/h7-10H,3-6,11-13H2,1-2H3,(H,22,27). The van der Waals surface area contributed by atoms with Gasteiger partial charge in [0.2, 0.25) is 5.91 Å². The van der Waals surface area contributed by atoms with E-state index in [1.54, 1.807) is 4.57 Å². The van der Waals surface area contributed by atoms with Gasteiger partial charge in [0.05, 0.1) is 5.75 Å². The van der Waals surface area contributed by atoms with Gasteiger partial charge in [-0.25, -0.2) is 4.98 Å². The Bertz CT molecular complexity index is 1100. The number of hydrogen-bond donors (Lipinski definition) is 1. The fraction of sp³-hybridized carbons (Fsp3) is 0.429. The van der Waals surface area contributed by atoms with Crippen LogP contribution in [0.2, 0.25) is 0 Å². The van der Waals surface area contributed by atoms with Crippen LogP contribution in [0, 0.1) is 0 Å². The summed E-state index contributed by atoms with van der Waals surface area (Å²) in [5.41, 5.74) is 2.39. The van der Waals surface area contributed by atoms with Crippen molar-refractivity contribution in [2.45, 2.75) is 44.8 Å². The molecular formula is C21H25N5O2S2. The van der Waals surface area contributed by atoms with Gasteiger partial charge < -0.3 is 10.2 Å². The van der Waals surface area contributed by atoms with Gasteiger partial charge in [0.25, 0.3) is 5.56 Å². The quantitative estimate of drug-likeness (QED) is 0.442. The smallest absolute Gasteiger partial charge is 0.273 e. The Morgan fingerprint density at radius 3 is 2.57 bits per heavy atom. The van der Waals surface area contributed by atoms with Crippen molar-refractivity contribution in [3.05, 3.63) is 40.2 Å². The Morgan fingerprint density at radius 1 is 1.17 bits per heavy atom. The van der Waals surface area contributed by atoms with Crippen molar-refractivity contribution in [2.75, 3.05) is 29.1 Å². The van der Waals surface area contributed by atoms with E-state index >= 15 is 0 Å². The second-order valence-corrected chi connectivity index (χ2v) is 9.09. The lowest BCUT2D eigenvalue weighted by Gasteiger charge is -2.11. The molecule has 30 heavy (non-hydrogen) atoms. The number of amides is 1. The van der Waals surface area contributed by atoms with Crippen LogP contribution in [0.1, 0.15) is 32.3 Å². The van der Waals surface area contributed by atoms with Crippen molar-refractivity contribution < 1.29 is 4.79 Å². The Labute approximate surface area is 183 Å². The predicted molar refractivity (Wildman–Crippen MR) is 124 cm³/mol. The van der Waals surface area contributed by atoms with Gasteiger partial charge >= 0.3 is 0 Å². The zero-order valence-electron chi connectivity index (χ0n) is 17.2. The van der Waals surface area contributed by atoms with E-state index in [0.717, 1.165) is 43.2 Å². The molecule has 7 nitrogen and oxygen atoms in total. The van der Waals surface area contributed by atoms with Crippen LogP contribution < -0.4 is 15.8 Å². The molecule has 3 heterocycles. The molecule has 1 amide bonds. The highest BCUT2D eigenvalue weighted by molar-refractivity contribution is 7.99. The summed E-state index contributed by atoms with van der Waals surface area (Å²) in [4.78, 5) is 36.8. The Balaban J connectivity index is 1.50. The van der Waals surface area contributed by atoms with Crippen molar-refractivity contribution >= 4 is 50.2 Å². The number of anilines is 2. The van der Waals surface area contributed by atoms with Gasteiger partial charge in [-0.1, -0.05) is 42.2 Å². The third-order valence-electron chi connectivity index (χ3n) is 5.14. The topological polar surface area (TPSA) is 80.1 Å². The minimum atomic E-state index is -0.128. The fourth-order valence-electron chi connectivity index (χ4n) is 3.46. The van der Waals surface area contributed by atoms with E-state index in [1.807, 2.05) is 31.2 Å². The molecule has 0 atom stereocenters. The van der Waals surface area contributed by atoms with Crippen LogP contribution in [-0.4, -0.2) is 39.3 Å². The normalized spacial score (nSPS) is 13.9. The zero-order chi connectivity index (χ0) is 21.1. The van der Waals surface area contributed by atoms with E-state index in [2.05, 4.69) is 27.1 Å². The predicted octanol–water partition coefficient (Wildman–Crippen LogP) is 3.77. The molecule has 9 heteroatoms. The van der Waals surface area contributed by atoms with Gasteiger partial charge in [0, 0.05) is 25.3 Å². The molecule has 158 valence electrons. The molecule has 2 aromatic heterocycles. The van der Waals surface area contributed by atoms with Gasteiger partial charge in [-0.2, -0.15) is 4.98 Å². The average molecular weight is 444 g/mol. The highest BCUT2D eigenvalue weighted by Gasteiger charge is 2.20. The number of thiazole rings is 1. The van der Waals surface area contributed by atoms with E-state index in [0.29, 0.717) is 22.0 Å². The number of carbonyl (C=O) groups excluding carboxylic acids is 1. The lowest BCUT2D eigenvalue weighted by atomic mass is 10.1. The second-order valence-electron chi connectivity index (χ2n) is 7.17. The molecule has 1 N–H and O–H groups in total. The largest absolute Gasteiger partial charge is 0.348 e. The first-order chi connectivity index (χ1) is 14.6. The highest BCUT2D eigenvalue weighted by Crippen LogP contribution is 2.29. The summed E-state index contributed by atoms with van der Waals surface area (Å²) in [6.07, 6.45) is 3.27. The van der Waals surface area contributed by atoms with Crippen LogP contribution in [0.15, 0.2) is 34.2 Å². The fourth-order valence-corrected chi connectivity index (χ4v) is 5.32. The van der Waals surface area contributed by atoms with Crippen molar-refractivity contribution in [2.24, 2.45) is 0 Å². The number of fused-ring (bicyclic) bond motifs is 1. The molecule has 0 spiro atoms. The molecule has 1 aromatic carbocycles. The monoisotopic (exact) mass is 443 g/mol. The number of benzene rings is 1. The van der Waals surface area contributed by atoms with Crippen LogP contribution in [0.4, 0.5) is 10.8 Å². The van der Waals surface area contributed by atoms with Gasteiger partial charge in [-0.05, 0) is 43.9 Å². The lowest BCUT2D eigenvalue weighted by Crippen LogP contribution is -2.23. The Morgan fingerprint density at radius 2 is 1.90 bits per heavy atom. The Kier molecular flexibility index (Phi) is 6.38. The van der Waals surface area contributed by atoms with E-state index in [1.165, 1.54) is 28.7 Å². The van der Waals surface area contributed by atoms with Crippen LogP contribution in [0.5, 0.6) is 0 Å². The summed E-state index contributed by atoms with van der Waals surface area (Å²) in [6.45, 7) is 6.46. The van der Waals surface area contributed by atoms with Crippen LogP contribution >= 0.6 is 23.1 Å². The summed E-state index contributed by atoms with van der Waals surface area (Å²) >= 11 is 2.69. The SMILES string of the molecule is CCc1ccc(NC(=O)CSc2nc3nc(N4CCCC4)sc3c(=O)n2CC)cc1. The highest BCUT2D eigenvalue weighted by atomic mass is 32.2. The van der Waals surface area contributed by atoms with E-state index in [9.17, 15) is 9.59 Å². The molecule has 1 saturated heterocycles. The molecule has 1 aliphatic rings. The molecule has 1 fully saturated rings. The number of carbonyl (C=O) groups is 1. The van der Waals surface area contributed by atoms with E-state index < -0.39 is 0 Å². The number of hydrogen-bond acceptors (Lipinski definition) is 7. The maximum Gasteiger partial charge on any atom is 0.273 e. The third kappa shape index (κ3) is 4.37. The zero-order valence-corrected chi connectivity index (χ0v) is 18.8. The molecular weight excluding hydrogens is 418 g/mol. The minimum absolute atomic E-state index is 0.0801. The van der Waals surface area contributed by atoms with Gasteiger partial charge in [-0.15, -0.1) is 0 Å². The van der Waals surface area contributed by atoms with Crippen molar-refractivity contribution in [1.82, 2.24) is 14.5 Å². The third-order valence-corrected chi connectivity index (χ3v) is 7.21. The number of nitrogens with one attached hydrogen (secondary N) is 1. The molecule has 0 radical (unpaired) electrons. The van der Waals surface area contributed by atoms with E-state index in [4.69, 9.17) is 0 Å². The second kappa shape index (κ2) is 9.18. The lowest BCUT2D eigenvalue weighted by molar-refractivity contribution is -0.113. The van der Waals surface area contributed by atoms with Crippen molar-refractivity contribution in [1.29, 1.82) is 0 Å². The first-order valence-electron chi connectivity index (χ1n) is 10.3. The van der Waals surface area contributed by atoms with Gasteiger partial charge in [-0.3, -0.25) is 14.2 Å². The number of aromatic nitrogens is 3. The van der Waals surface area contributed by atoms with Crippen LogP contribution in [0.3, 0.4) is 0 Å². The molecule has 1 aliphatic heterocycles. The number of aryl methyl sites for hydroxylation is 1. The summed E-state index contributed by atoms with van der Waals surface area (Å²) in [6, 6.07) is 7.83. The number of thioether (sulfide) groups is 1. The molecule has 0 saturated carbocycles. The van der Waals surface area contributed by atoms with Gasteiger partial charge in [0.15, 0.2) is 15.9 Å². The van der Waals surface area contributed by atoms with E-state index in [-0.39, 0.29) is 17.2 Å². The molecule has 4 rings (SSSR count). The minimum Gasteiger partial charge on any atom is -0.348 e. The van der Waals surface area contributed by atoms with Crippen molar-refractivity contribution in [3.63, 3.8) is 0 Å². The van der Waals surface area contributed by atoms with Gasteiger partial charge in [0.1, 0.15) is 4.70 Å². The number of rotatable bonds is 7. The average Bonchev–Trinajstić information content (AvgIpc) is 3.43. The summed E-state index contributed by atoms with van der Waals surface area (Å²) in [5.74, 6) is 0.0497. The summed E-state index contributed by atoms with van der Waals surface area (Å²) in [7, 11) is 0. The first kappa shape index (κ1) is 20.9. The molecule has 0 bridgehead atoms. The first-order valence-corrected chi connectivity index (χ1v) is 12.1. The Hall–Kier alpha value is -2.39. The maximum atomic E-state index is 13.0. The maximum absolute atomic E-state index is 13.0. The summed E-state index contributed by atoms with van der Waals surface area (Å²) in [5, 5.41) is 4.30. The molecule has 0 unspecified atom stereocenters. The van der Waals surface area contributed by atoms with Crippen molar-refractivity contribution in [3.8, 4) is 0 Å². The van der Waals surface area contributed by atoms with Crippen LogP contribution in [-0.2, 0) is 17.8 Å². The summed E-state index contributed by atoms with van der Waals surface area (Å²) < 4.78 is 2.21. The molecule has 0 aliphatic carbocycles. The van der Waals surface area contributed by atoms with Crippen LogP contribution in [0.25, 0.3) is 10.3 Å². The molecule has 3 aromatic rings. The number of nitrogens with zero attached hydrogens (tertiary/aromatic N) is 4.